The second kappa shape index (κ2) is 6.68. The van der Waals surface area contributed by atoms with Crippen molar-refractivity contribution in [3.8, 4) is 0 Å². The van der Waals surface area contributed by atoms with Crippen molar-refractivity contribution < 1.29 is 14.4 Å². The minimum Gasteiger partial charge on any atom is -0.480 e. The summed E-state index contributed by atoms with van der Waals surface area (Å²) in [7, 11) is 0. The minimum absolute atomic E-state index is 0.0407. The first kappa shape index (κ1) is 14.0. The van der Waals surface area contributed by atoms with Crippen LogP contribution in [0.2, 0.25) is 0 Å². The zero-order valence-electron chi connectivity index (χ0n) is 11.3. The summed E-state index contributed by atoms with van der Waals surface area (Å²) in [6, 6.07) is 1.96. The van der Waals surface area contributed by atoms with Gasteiger partial charge in [0.2, 0.25) is 0 Å². The monoisotopic (exact) mass is 267 g/mol. The van der Waals surface area contributed by atoms with Gasteiger partial charge in [0.15, 0.2) is 0 Å². The van der Waals surface area contributed by atoms with E-state index in [1.165, 1.54) is 0 Å². The Hall–Kier alpha value is -1.40. The molecule has 2 N–H and O–H groups in total. The summed E-state index contributed by atoms with van der Waals surface area (Å²) in [5, 5.41) is 15.6. The zero-order chi connectivity index (χ0) is 13.7. The average molecular weight is 267 g/mol. The lowest BCUT2D eigenvalue weighted by atomic mass is 9.98. The predicted molar refractivity (Wildman–Crippen MR) is 69.7 cm³/mol. The molecule has 0 amide bonds. The molecule has 1 fully saturated rings. The molecule has 1 aliphatic heterocycles. The van der Waals surface area contributed by atoms with Gasteiger partial charge >= 0.3 is 5.97 Å². The highest BCUT2D eigenvalue weighted by atomic mass is 16.5. The Morgan fingerprint density at radius 3 is 3.21 bits per heavy atom. The van der Waals surface area contributed by atoms with Crippen LogP contribution in [0.5, 0.6) is 0 Å². The fraction of sp³-hybridized carbons (Fsp3) is 0.692. The van der Waals surface area contributed by atoms with Gasteiger partial charge in [0.25, 0.3) is 0 Å². The number of nitrogens with one attached hydrogen (secondary N) is 1. The molecule has 1 atom stereocenters. The van der Waals surface area contributed by atoms with E-state index in [-0.39, 0.29) is 6.54 Å². The van der Waals surface area contributed by atoms with Crippen LogP contribution in [0.1, 0.15) is 24.3 Å². The van der Waals surface area contributed by atoms with Gasteiger partial charge in [0, 0.05) is 19.2 Å². The molecule has 0 saturated carbocycles. The van der Waals surface area contributed by atoms with Crippen molar-refractivity contribution in [3.05, 3.63) is 17.5 Å². The van der Waals surface area contributed by atoms with Crippen LogP contribution in [0, 0.1) is 12.8 Å². The molecule has 6 heteroatoms. The third-order valence-corrected chi connectivity index (χ3v) is 3.37. The number of rotatable bonds is 6. The van der Waals surface area contributed by atoms with Crippen molar-refractivity contribution in [1.29, 1.82) is 0 Å². The fourth-order valence-electron chi connectivity index (χ4n) is 2.57. The van der Waals surface area contributed by atoms with Gasteiger partial charge in [0.1, 0.15) is 5.76 Å². The molecule has 0 aliphatic carbocycles. The maximum Gasteiger partial charge on any atom is 0.317 e. The number of carbonyl (C=O) groups is 1. The topological polar surface area (TPSA) is 78.6 Å². The van der Waals surface area contributed by atoms with Gasteiger partial charge in [-0.25, -0.2) is 0 Å². The summed E-state index contributed by atoms with van der Waals surface area (Å²) < 4.78 is 5.07. The van der Waals surface area contributed by atoms with Crippen LogP contribution in [0.4, 0.5) is 0 Å². The van der Waals surface area contributed by atoms with Crippen LogP contribution >= 0.6 is 0 Å². The van der Waals surface area contributed by atoms with E-state index in [2.05, 4.69) is 15.4 Å². The van der Waals surface area contributed by atoms with Gasteiger partial charge in [-0.15, -0.1) is 0 Å². The van der Waals surface area contributed by atoms with Crippen LogP contribution in [0.15, 0.2) is 10.6 Å². The highest BCUT2D eigenvalue weighted by Crippen LogP contribution is 2.18. The van der Waals surface area contributed by atoms with E-state index in [0.29, 0.717) is 5.92 Å². The standard InChI is InChI=1S/C13H21N3O3/c1-10-5-12(15-19-10)9-16-4-2-3-11(8-16)6-14-7-13(17)18/h5,11,14H,2-4,6-9H2,1H3,(H,17,18). The lowest BCUT2D eigenvalue weighted by Crippen LogP contribution is -2.40. The summed E-state index contributed by atoms with van der Waals surface area (Å²) in [5.74, 6) is 0.554. The number of hydrogen-bond donors (Lipinski definition) is 2. The molecular formula is C13H21N3O3. The Morgan fingerprint density at radius 1 is 1.68 bits per heavy atom. The summed E-state index contributed by atoms with van der Waals surface area (Å²) in [5.41, 5.74) is 0.969. The van der Waals surface area contributed by atoms with E-state index in [0.717, 1.165) is 50.5 Å². The Bertz CT molecular complexity index is 419. The van der Waals surface area contributed by atoms with Gasteiger partial charge in [-0.2, -0.15) is 0 Å². The maximum atomic E-state index is 10.5. The molecule has 6 nitrogen and oxygen atoms in total. The normalized spacial score (nSPS) is 20.6. The van der Waals surface area contributed by atoms with Crippen LogP contribution in [-0.4, -0.2) is 47.3 Å². The average Bonchev–Trinajstić information content (AvgIpc) is 2.75. The van der Waals surface area contributed by atoms with E-state index >= 15 is 0 Å². The van der Waals surface area contributed by atoms with Gasteiger partial charge in [-0.05, 0) is 38.8 Å². The first-order valence-electron chi connectivity index (χ1n) is 6.70. The first-order chi connectivity index (χ1) is 9.13. The molecular weight excluding hydrogens is 246 g/mol. The number of carboxylic acid groups (broad SMARTS) is 1. The van der Waals surface area contributed by atoms with Crippen LogP contribution < -0.4 is 5.32 Å². The summed E-state index contributed by atoms with van der Waals surface area (Å²) in [6.45, 7) is 5.57. The minimum atomic E-state index is -0.800. The Kier molecular flexibility index (Phi) is 4.93. The number of piperidine rings is 1. The second-order valence-electron chi connectivity index (χ2n) is 5.20. The molecule has 1 aliphatic rings. The molecule has 0 bridgehead atoms. The second-order valence-corrected chi connectivity index (χ2v) is 5.20. The van der Waals surface area contributed by atoms with Crippen molar-refractivity contribution in [2.45, 2.75) is 26.3 Å². The molecule has 2 heterocycles. The van der Waals surface area contributed by atoms with Crippen molar-refractivity contribution in [3.63, 3.8) is 0 Å². The van der Waals surface area contributed by atoms with Gasteiger partial charge in [-0.3, -0.25) is 9.69 Å². The number of hydrogen-bond acceptors (Lipinski definition) is 5. The number of likely N-dealkylation sites (tertiary alicyclic amines) is 1. The highest BCUT2D eigenvalue weighted by molar-refractivity contribution is 5.68. The SMILES string of the molecule is Cc1cc(CN2CCCC(CNCC(=O)O)C2)no1. The lowest BCUT2D eigenvalue weighted by Gasteiger charge is -2.32. The maximum absolute atomic E-state index is 10.5. The van der Waals surface area contributed by atoms with Crippen LogP contribution in [-0.2, 0) is 11.3 Å². The molecule has 1 aromatic heterocycles. The van der Waals surface area contributed by atoms with Crippen molar-refractivity contribution >= 4 is 5.97 Å². The number of nitrogens with zero attached hydrogens (tertiary/aromatic N) is 2. The Balaban J connectivity index is 1.75. The van der Waals surface area contributed by atoms with E-state index in [4.69, 9.17) is 9.63 Å². The fourth-order valence-corrected chi connectivity index (χ4v) is 2.57. The molecule has 106 valence electrons. The van der Waals surface area contributed by atoms with Crippen LogP contribution in [0.3, 0.4) is 0 Å². The van der Waals surface area contributed by atoms with Crippen molar-refractivity contribution in [2.75, 3.05) is 26.2 Å². The highest BCUT2D eigenvalue weighted by Gasteiger charge is 2.20. The number of aliphatic carboxylic acids is 1. The third kappa shape index (κ3) is 4.65. The molecule has 0 radical (unpaired) electrons. The molecule has 0 spiro atoms. The Labute approximate surface area is 112 Å². The number of aryl methyl sites for hydroxylation is 1. The van der Waals surface area contributed by atoms with E-state index in [1.54, 1.807) is 0 Å². The molecule has 1 saturated heterocycles. The van der Waals surface area contributed by atoms with Gasteiger partial charge < -0.3 is 14.9 Å². The molecule has 2 rings (SSSR count). The van der Waals surface area contributed by atoms with Crippen molar-refractivity contribution in [1.82, 2.24) is 15.4 Å². The molecule has 1 unspecified atom stereocenters. The molecule has 19 heavy (non-hydrogen) atoms. The number of carboxylic acids is 1. The van der Waals surface area contributed by atoms with Crippen molar-refractivity contribution in [2.24, 2.45) is 5.92 Å². The number of aromatic nitrogens is 1. The largest absolute Gasteiger partial charge is 0.480 e. The summed E-state index contributed by atoms with van der Waals surface area (Å²) in [4.78, 5) is 12.8. The molecule has 1 aromatic rings. The van der Waals surface area contributed by atoms with Gasteiger partial charge in [-0.1, -0.05) is 5.16 Å². The Morgan fingerprint density at radius 2 is 2.53 bits per heavy atom. The van der Waals surface area contributed by atoms with E-state index < -0.39 is 5.97 Å². The smallest absolute Gasteiger partial charge is 0.317 e. The van der Waals surface area contributed by atoms with Gasteiger partial charge in [0.05, 0.1) is 12.2 Å². The lowest BCUT2D eigenvalue weighted by molar-refractivity contribution is -0.136. The first-order valence-corrected chi connectivity index (χ1v) is 6.70. The van der Waals surface area contributed by atoms with E-state index in [9.17, 15) is 4.79 Å². The third-order valence-electron chi connectivity index (χ3n) is 3.37. The summed E-state index contributed by atoms with van der Waals surface area (Å²) in [6.07, 6.45) is 2.30. The molecule has 0 aromatic carbocycles. The summed E-state index contributed by atoms with van der Waals surface area (Å²) >= 11 is 0. The predicted octanol–water partition coefficient (Wildman–Crippen LogP) is 0.869. The van der Waals surface area contributed by atoms with Crippen LogP contribution in [0.25, 0.3) is 0 Å². The quantitative estimate of drug-likeness (QED) is 0.796. The van der Waals surface area contributed by atoms with E-state index in [1.807, 2.05) is 13.0 Å². The zero-order valence-corrected chi connectivity index (χ0v) is 11.3.